The van der Waals surface area contributed by atoms with E-state index < -0.39 is 23.8 Å². The largest absolute Gasteiger partial charge is 0.480 e. The maximum atomic E-state index is 12.5. The fourth-order valence-electron chi connectivity index (χ4n) is 2.59. The summed E-state index contributed by atoms with van der Waals surface area (Å²) >= 11 is 3.36. The van der Waals surface area contributed by atoms with Crippen LogP contribution in [0.15, 0.2) is 28.7 Å². The molecule has 1 aliphatic rings. The number of rotatable bonds is 5. The molecule has 2 amide bonds. The summed E-state index contributed by atoms with van der Waals surface area (Å²) in [4.78, 5) is 37.5. The molecule has 0 spiro atoms. The van der Waals surface area contributed by atoms with Gasteiger partial charge in [0.05, 0.1) is 0 Å². The number of halogens is 1. The molecular formula is C16H19BrN2O4. The Hall–Kier alpha value is -1.89. The topological polar surface area (TPSA) is 86.7 Å². The van der Waals surface area contributed by atoms with Crippen LogP contribution in [-0.2, 0) is 14.4 Å². The van der Waals surface area contributed by atoms with Crippen LogP contribution in [0, 0.1) is 11.8 Å². The lowest BCUT2D eigenvalue weighted by Gasteiger charge is -2.20. The molecule has 0 aliphatic carbocycles. The molecule has 2 rings (SSSR count). The molecule has 1 aromatic rings. The van der Waals surface area contributed by atoms with Gasteiger partial charge in [-0.1, -0.05) is 35.8 Å². The van der Waals surface area contributed by atoms with E-state index in [9.17, 15) is 14.4 Å². The predicted octanol–water partition coefficient (Wildman–Crippen LogP) is 2.03. The minimum absolute atomic E-state index is 0.255. The number of hydrogen-bond acceptors (Lipinski definition) is 3. The van der Waals surface area contributed by atoms with Crippen LogP contribution in [0.1, 0.15) is 20.3 Å². The summed E-state index contributed by atoms with van der Waals surface area (Å²) in [7, 11) is 0. The maximum Gasteiger partial charge on any atom is 0.326 e. The summed E-state index contributed by atoms with van der Waals surface area (Å²) in [6.45, 7) is 3.86. The second-order valence-corrected chi connectivity index (χ2v) is 6.80. The number of carboxylic acid groups (broad SMARTS) is 1. The summed E-state index contributed by atoms with van der Waals surface area (Å²) < 4.78 is 0.849. The quantitative estimate of drug-likeness (QED) is 0.762. The lowest BCUT2D eigenvalue weighted by Crippen LogP contribution is -2.48. The third-order valence-electron chi connectivity index (χ3n) is 3.87. The number of nitrogens with one attached hydrogen (secondary N) is 1. The third-order valence-corrected chi connectivity index (χ3v) is 4.37. The van der Waals surface area contributed by atoms with E-state index in [-0.39, 0.29) is 11.8 Å². The average molecular weight is 383 g/mol. The highest BCUT2D eigenvalue weighted by atomic mass is 79.9. The van der Waals surface area contributed by atoms with E-state index in [2.05, 4.69) is 21.2 Å². The van der Waals surface area contributed by atoms with Gasteiger partial charge < -0.3 is 15.3 Å². The first-order chi connectivity index (χ1) is 10.8. The van der Waals surface area contributed by atoms with E-state index in [1.54, 1.807) is 24.8 Å². The SMILES string of the molecule is CC(C)[C@@H](NC(=O)C1CCN(c2cccc(Br)c2)C1=O)C(=O)O. The number of nitrogens with zero attached hydrogens (tertiary/aromatic N) is 1. The number of amides is 2. The Labute approximate surface area is 143 Å². The van der Waals surface area contributed by atoms with E-state index >= 15 is 0 Å². The van der Waals surface area contributed by atoms with Crippen LogP contribution in [0.2, 0.25) is 0 Å². The van der Waals surface area contributed by atoms with Gasteiger partial charge in [-0.3, -0.25) is 9.59 Å². The Morgan fingerprint density at radius 3 is 2.65 bits per heavy atom. The Bertz CT molecular complexity index is 632. The smallest absolute Gasteiger partial charge is 0.326 e. The number of carboxylic acids is 1. The Morgan fingerprint density at radius 2 is 2.09 bits per heavy atom. The molecular weight excluding hydrogens is 364 g/mol. The number of benzene rings is 1. The molecule has 1 unspecified atom stereocenters. The Kier molecular flexibility index (Phi) is 5.41. The molecule has 0 saturated carbocycles. The maximum absolute atomic E-state index is 12.5. The summed E-state index contributed by atoms with van der Waals surface area (Å²) in [5, 5.41) is 11.6. The minimum atomic E-state index is -1.09. The van der Waals surface area contributed by atoms with Crippen LogP contribution in [0.3, 0.4) is 0 Å². The van der Waals surface area contributed by atoms with Crippen LogP contribution in [0.4, 0.5) is 5.69 Å². The Balaban J connectivity index is 2.09. The van der Waals surface area contributed by atoms with Crippen LogP contribution >= 0.6 is 15.9 Å². The van der Waals surface area contributed by atoms with Gasteiger partial charge in [-0.05, 0) is 30.5 Å². The van der Waals surface area contributed by atoms with Crippen molar-refractivity contribution in [3.05, 3.63) is 28.7 Å². The monoisotopic (exact) mass is 382 g/mol. The van der Waals surface area contributed by atoms with Crippen LogP contribution in [0.25, 0.3) is 0 Å². The van der Waals surface area contributed by atoms with E-state index in [4.69, 9.17) is 5.11 Å². The van der Waals surface area contributed by atoms with Crippen LogP contribution < -0.4 is 10.2 Å². The highest BCUT2D eigenvalue weighted by Crippen LogP contribution is 2.27. The number of carbonyl (C=O) groups is 3. The van der Waals surface area contributed by atoms with Crippen molar-refractivity contribution in [3.63, 3.8) is 0 Å². The van der Waals surface area contributed by atoms with E-state index in [1.807, 2.05) is 18.2 Å². The summed E-state index contributed by atoms with van der Waals surface area (Å²) in [5.74, 6) is -3.01. The van der Waals surface area contributed by atoms with E-state index in [0.29, 0.717) is 13.0 Å². The second kappa shape index (κ2) is 7.12. The number of aliphatic carboxylic acids is 1. The first kappa shape index (κ1) is 17.5. The van der Waals surface area contributed by atoms with Crippen molar-refractivity contribution in [1.82, 2.24) is 5.32 Å². The number of carbonyl (C=O) groups excluding carboxylic acids is 2. The molecule has 2 N–H and O–H groups in total. The number of hydrogen-bond donors (Lipinski definition) is 2. The highest BCUT2D eigenvalue weighted by Gasteiger charge is 2.39. The van der Waals surface area contributed by atoms with E-state index in [1.165, 1.54) is 0 Å². The van der Waals surface area contributed by atoms with Crippen molar-refractivity contribution in [3.8, 4) is 0 Å². The molecule has 23 heavy (non-hydrogen) atoms. The van der Waals surface area contributed by atoms with Gasteiger partial charge in [0.25, 0.3) is 0 Å². The van der Waals surface area contributed by atoms with Gasteiger partial charge in [-0.2, -0.15) is 0 Å². The van der Waals surface area contributed by atoms with Crippen molar-refractivity contribution >= 4 is 39.4 Å². The molecule has 6 nitrogen and oxygen atoms in total. The van der Waals surface area contributed by atoms with Crippen molar-refractivity contribution in [2.24, 2.45) is 11.8 Å². The molecule has 0 radical (unpaired) electrons. The predicted molar refractivity (Wildman–Crippen MR) is 89.0 cm³/mol. The molecule has 1 fully saturated rings. The van der Waals surface area contributed by atoms with Crippen LogP contribution in [0.5, 0.6) is 0 Å². The molecule has 124 valence electrons. The zero-order chi connectivity index (χ0) is 17.1. The zero-order valence-electron chi connectivity index (χ0n) is 13.0. The summed E-state index contributed by atoms with van der Waals surface area (Å²) in [5.41, 5.74) is 0.721. The molecule has 1 saturated heterocycles. The van der Waals surface area contributed by atoms with Gasteiger partial charge in [0.2, 0.25) is 11.8 Å². The highest BCUT2D eigenvalue weighted by molar-refractivity contribution is 9.10. The average Bonchev–Trinajstić information content (AvgIpc) is 2.85. The normalized spacial score (nSPS) is 19.0. The molecule has 1 heterocycles. The number of anilines is 1. The van der Waals surface area contributed by atoms with Gasteiger partial charge in [0.15, 0.2) is 0 Å². The van der Waals surface area contributed by atoms with Crippen molar-refractivity contribution < 1.29 is 19.5 Å². The van der Waals surface area contributed by atoms with Crippen molar-refractivity contribution in [2.75, 3.05) is 11.4 Å². The van der Waals surface area contributed by atoms with Gasteiger partial charge >= 0.3 is 5.97 Å². The lowest BCUT2D eigenvalue weighted by molar-refractivity contribution is -0.144. The molecule has 1 aliphatic heterocycles. The fourth-order valence-corrected chi connectivity index (χ4v) is 2.98. The van der Waals surface area contributed by atoms with E-state index in [0.717, 1.165) is 10.2 Å². The van der Waals surface area contributed by atoms with Crippen LogP contribution in [-0.4, -0.2) is 35.5 Å². The first-order valence-electron chi connectivity index (χ1n) is 7.41. The minimum Gasteiger partial charge on any atom is -0.480 e. The first-order valence-corrected chi connectivity index (χ1v) is 8.20. The second-order valence-electron chi connectivity index (χ2n) is 5.88. The molecule has 2 atom stereocenters. The lowest BCUT2D eigenvalue weighted by atomic mass is 10.0. The molecule has 1 aromatic carbocycles. The standard InChI is InChI=1S/C16H19BrN2O4/c1-9(2)13(16(22)23)18-14(20)12-6-7-19(15(12)21)11-5-3-4-10(17)8-11/h3-5,8-9,12-13H,6-7H2,1-2H3,(H,18,20)(H,22,23)/t12?,13-/m1/s1. The Morgan fingerprint density at radius 1 is 1.39 bits per heavy atom. The zero-order valence-corrected chi connectivity index (χ0v) is 14.5. The summed E-state index contributed by atoms with van der Waals surface area (Å²) in [6.07, 6.45) is 0.377. The molecule has 0 aromatic heterocycles. The van der Waals surface area contributed by atoms with Crippen molar-refractivity contribution in [1.29, 1.82) is 0 Å². The molecule has 0 bridgehead atoms. The van der Waals surface area contributed by atoms with Gasteiger partial charge in [0.1, 0.15) is 12.0 Å². The van der Waals surface area contributed by atoms with Crippen molar-refractivity contribution in [2.45, 2.75) is 26.3 Å². The van der Waals surface area contributed by atoms with Gasteiger partial charge in [-0.15, -0.1) is 0 Å². The van der Waals surface area contributed by atoms with Gasteiger partial charge in [0, 0.05) is 16.7 Å². The van der Waals surface area contributed by atoms with Gasteiger partial charge in [-0.25, -0.2) is 4.79 Å². The third kappa shape index (κ3) is 3.90. The fraction of sp³-hybridized carbons (Fsp3) is 0.438. The molecule has 7 heteroatoms. The summed E-state index contributed by atoms with van der Waals surface area (Å²) in [6, 6.07) is 6.30.